The van der Waals surface area contributed by atoms with Gasteiger partial charge in [0.05, 0.1) is 0 Å². The Hall–Kier alpha value is -6.70. The van der Waals surface area contributed by atoms with Crippen LogP contribution in [0.25, 0.3) is 67.9 Å². The summed E-state index contributed by atoms with van der Waals surface area (Å²) < 4.78 is 2.54. The van der Waals surface area contributed by atoms with Crippen LogP contribution in [0.15, 0.2) is 194 Å². The smallest absolute Gasteiger partial charge is 0.0494 e. The van der Waals surface area contributed by atoms with Gasteiger partial charge in [-0.15, -0.1) is 0 Å². The minimum absolute atomic E-state index is 0.249. The Morgan fingerprint density at radius 2 is 0.855 bits per heavy atom. The minimum atomic E-state index is 0.249. The molecular weight excluding hydrogens is 663 g/mol. The molecule has 2 aliphatic rings. The Bertz CT molecular complexity index is 2570. The number of hydrogen-bond donors (Lipinski definition) is 0. The van der Waals surface area contributed by atoms with Gasteiger partial charge in [0.25, 0.3) is 0 Å². The molecule has 7 aromatic carbocycles. The second kappa shape index (κ2) is 14.3. The normalized spacial score (nSPS) is 14.5. The molecule has 0 aliphatic heterocycles. The standard InChI is InChI=1S/C54H41N/c1-6-16-38(17-7-1)44-30-45(39-18-8-2-9-19-39)33-48(32-44)42-26-28-53-51(36-42)52-37-43(27-29-54(52)55(53)50-24-14-5-15-25-50)49-34-46(40-20-10-3-11-21-40)31-47(35-49)41-22-12-4-13-23-41/h1-26,28,30-35,37,42H,27,29,36H2. The second-order valence-corrected chi connectivity index (χ2v) is 14.8. The third kappa shape index (κ3) is 6.38. The van der Waals surface area contributed by atoms with E-state index in [2.05, 4.69) is 211 Å². The highest BCUT2D eigenvalue weighted by Gasteiger charge is 2.29. The maximum absolute atomic E-state index is 2.54. The highest BCUT2D eigenvalue weighted by molar-refractivity contribution is 5.90. The quantitative estimate of drug-likeness (QED) is 0.156. The van der Waals surface area contributed by atoms with Gasteiger partial charge >= 0.3 is 0 Å². The van der Waals surface area contributed by atoms with E-state index in [4.69, 9.17) is 0 Å². The molecule has 262 valence electrons. The van der Waals surface area contributed by atoms with Crippen molar-refractivity contribution in [3.05, 3.63) is 228 Å². The summed E-state index contributed by atoms with van der Waals surface area (Å²) in [7, 11) is 0. The zero-order valence-corrected chi connectivity index (χ0v) is 30.8. The summed E-state index contributed by atoms with van der Waals surface area (Å²) in [5.41, 5.74) is 20.9. The minimum Gasteiger partial charge on any atom is -0.313 e. The molecule has 0 bridgehead atoms. The van der Waals surface area contributed by atoms with Crippen molar-refractivity contribution >= 4 is 17.7 Å². The van der Waals surface area contributed by atoms with Crippen LogP contribution in [0.5, 0.6) is 0 Å². The molecule has 0 spiro atoms. The molecular formula is C54H41N. The SMILES string of the molecule is C1=CC(c2cc(-c3ccccc3)cc(-c3ccccc3)c2)Cc2c3c(n(-c4ccccc4)c21)CCC(c1cc(-c2ccccc2)cc(-c2ccccc2)c1)=C3. The van der Waals surface area contributed by atoms with E-state index in [1.807, 2.05) is 0 Å². The van der Waals surface area contributed by atoms with Gasteiger partial charge in [-0.2, -0.15) is 0 Å². The predicted molar refractivity (Wildman–Crippen MR) is 232 cm³/mol. The molecule has 1 atom stereocenters. The van der Waals surface area contributed by atoms with Crippen LogP contribution < -0.4 is 0 Å². The predicted octanol–water partition coefficient (Wildman–Crippen LogP) is 14.0. The average molecular weight is 704 g/mol. The Morgan fingerprint density at radius 3 is 1.35 bits per heavy atom. The van der Waals surface area contributed by atoms with Crippen LogP contribution in [0.2, 0.25) is 0 Å². The van der Waals surface area contributed by atoms with Crippen molar-refractivity contribution in [1.82, 2.24) is 4.57 Å². The first-order valence-corrected chi connectivity index (χ1v) is 19.5. The van der Waals surface area contributed by atoms with Crippen molar-refractivity contribution in [2.45, 2.75) is 25.2 Å². The van der Waals surface area contributed by atoms with Crippen LogP contribution in [-0.2, 0) is 12.8 Å². The summed E-state index contributed by atoms with van der Waals surface area (Å²) in [6.07, 6.45) is 10.3. The Labute approximate surface area is 324 Å². The van der Waals surface area contributed by atoms with Gasteiger partial charge in [0.15, 0.2) is 0 Å². The number of hydrogen-bond acceptors (Lipinski definition) is 0. The van der Waals surface area contributed by atoms with Crippen LogP contribution >= 0.6 is 0 Å². The third-order valence-electron chi connectivity index (χ3n) is 11.4. The molecule has 8 aromatic rings. The summed E-state index contributed by atoms with van der Waals surface area (Å²) >= 11 is 0. The second-order valence-electron chi connectivity index (χ2n) is 14.8. The third-order valence-corrected chi connectivity index (χ3v) is 11.4. The molecule has 0 N–H and O–H groups in total. The van der Waals surface area contributed by atoms with Crippen LogP contribution in [-0.4, -0.2) is 4.57 Å². The maximum Gasteiger partial charge on any atom is 0.0494 e. The first-order valence-electron chi connectivity index (χ1n) is 19.5. The van der Waals surface area contributed by atoms with Gasteiger partial charge < -0.3 is 4.57 Å². The number of rotatable bonds is 7. The van der Waals surface area contributed by atoms with E-state index in [1.165, 1.54) is 89.4 Å². The summed E-state index contributed by atoms with van der Waals surface area (Å²) in [5, 5.41) is 0. The van der Waals surface area contributed by atoms with Crippen molar-refractivity contribution in [3.63, 3.8) is 0 Å². The van der Waals surface area contributed by atoms with Crippen molar-refractivity contribution < 1.29 is 0 Å². The summed E-state index contributed by atoms with van der Waals surface area (Å²) in [4.78, 5) is 0. The average Bonchev–Trinajstić information content (AvgIpc) is 3.60. The highest BCUT2D eigenvalue weighted by atomic mass is 15.0. The molecule has 0 amide bonds. The van der Waals surface area contributed by atoms with E-state index in [0.717, 1.165) is 19.3 Å². The van der Waals surface area contributed by atoms with Crippen LogP contribution in [0.1, 0.15) is 46.0 Å². The molecule has 1 heterocycles. The lowest BCUT2D eigenvalue weighted by atomic mass is 9.82. The molecule has 55 heavy (non-hydrogen) atoms. The van der Waals surface area contributed by atoms with E-state index in [-0.39, 0.29) is 5.92 Å². The summed E-state index contributed by atoms with van der Waals surface area (Å²) in [5.74, 6) is 0.249. The van der Waals surface area contributed by atoms with E-state index in [1.54, 1.807) is 0 Å². The molecule has 1 heteroatoms. The largest absolute Gasteiger partial charge is 0.313 e. The molecule has 0 fully saturated rings. The van der Waals surface area contributed by atoms with E-state index >= 15 is 0 Å². The van der Waals surface area contributed by atoms with Crippen molar-refractivity contribution in [1.29, 1.82) is 0 Å². The van der Waals surface area contributed by atoms with Crippen LogP contribution in [0, 0.1) is 0 Å². The van der Waals surface area contributed by atoms with E-state index in [9.17, 15) is 0 Å². The zero-order chi connectivity index (χ0) is 36.6. The molecule has 1 unspecified atom stereocenters. The number of fused-ring (bicyclic) bond motifs is 3. The molecule has 1 aromatic heterocycles. The Balaban J connectivity index is 1.11. The van der Waals surface area contributed by atoms with Gasteiger partial charge in [-0.3, -0.25) is 0 Å². The molecule has 10 rings (SSSR count). The fraction of sp³-hybridized carbons (Fsp3) is 0.0741. The van der Waals surface area contributed by atoms with Gasteiger partial charge in [0.1, 0.15) is 0 Å². The van der Waals surface area contributed by atoms with Gasteiger partial charge in [0, 0.05) is 23.0 Å². The van der Waals surface area contributed by atoms with E-state index in [0.29, 0.717) is 0 Å². The number of para-hydroxylation sites is 1. The van der Waals surface area contributed by atoms with E-state index < -0.39 is 0 Å². The van der Waals surface area contributed by atoms with Crippen LogP contribution in [0.4, 0.5) is 0 Å². The first kappa shape index (κ1) is 32.9. The zero-order valence-electron chi connectivity index (χ0n) is 30.8. The fourth-order valence-electron chi connectivity index (χ4n) is 8.71. The Kier molecular flexibility index (Phi) is 8.54. The van der Waals surface area contributed by atoms with Crippen LogP contribution in [0.3, 0.4) is 0 Å². The highest BCUT2D eigenvalue weighted by Crippen LogP contribution is 2.44. The van der Waals surface area contributed by atoms with Gasteiger partial charge in [-0.05, 0) is 140 Å². The fourth-order valence-corrected chi connectivity index (χ4v) is 8.71. The number of allylic oxidation sites excluding steroid dienone is 2. The van der Waals surface area contributed by atoms with Gasteiger partial charge in [0.2, 0.25) is 0 Å². The lowest BCUT2D eigenvalue weighted by Gasteiger charge is -2.22. The van der Waals surface area contributed by atoms with Crippen molar-refractivity contribution in [2.24, 2.45) is 0 Å². The summed E-state index contributed by atoms with van der Waals surface area (Å²) in [6.45, 7) is 0. The topological polar surface area (TPSA) is 4.93 Å². The van der Waals surface area contributed by atoms with Crippen molar-refractivity contribution in [2.75, 3.05) is 0 Å². The summed E-state index contributed by atoms with van der Waals surface area (Å²) in [6, 6.07) is 68.6. The lowest BCUT2D eigenvalue weighted by Crippen LogP contribution is -2.08. The molecule has 0 saturated heterocycles. The monoisotopic (exact) mass is 703 g/mol. The van der Waals surface area contributed by atoms with Crippen molar-refractivity contribution in [3.8, 4) is 50.2 Å². The van der Waals surface area contributed by atoms with Gasteiger partial charge in [-0.1, -0.05) is 158 Å². The lowest BCUT2D eigenvalue weighted by molar-refractivity contribution is 0.819. The molecule has 0 radical (unpaired) electrons. The number of aromatic nitrogens is 1. The van der Waals surface area contributed by atoms with Gasteiger partial charge in [-0.25, -0.2) is 0 Å². The number of nitrogens with zero attached hydrogens (tertiary/aromatic N) is 1. The number of benzene rings is 7. The molecule has 2 aliphatic carbocycles. The molecule has 1 nitrogen and oxygen atoms in total. The molecule has 0 saturated carbocycles. The first-order chi connectivity index (χ1) is 27.2. The maximum atomic E-state index is 2.54. The Morgan fingerprint density at radius 1 is 0.418 bits per heavy atom.